The predicted octanol–water partition coefficient (Wildman–Crippen LogP) is 3.36. The number of hydrogen-bond acceptors (Lipinski definition) is 2. The summed E-state index contributed by atoms with van der Waals surface area (Å²) in [5, 5.41) is 10.4. The average molecular weight is 243 g/mol. The van der Waals surface area contributed by atoms with Gasteiger partial charge in [-0.15, -0.1) is 0 Å². The second-order valence-corrected chi connectivity index (χ2v) is 4.55. The first-order valence-electron chi connectivity index (χ1n) is 6.69. The molecule has 1 aromatic carbocycles. The average Bonchev–Trinajstić information content (AvgIpc) is 2.93. The molecule has 0 spiro atoms. The van der Waals surface area contributed by atoms with Crippen LogP contribution in [0.25, 0.3) is 11.3 Å². The van der Waals surface area contributed by atoms with E-state index in [1.54, 1.807) is 6.20 Å². The van der Waals surface area contributed by atoms with Crippen molar-refractivity contribution in [1.82, 2.24) is 15.5 Å². The maximum Gasteiger partial charge on any atom is 0.0650 e. The van der Waals surface area contributed by atoms with Gasteiger partial charge >= 0.3 is 0 Å². The van der Waals surface area contributed by atoms with E-state index in [0.29, 0.717) is 0 Å². The number of unbranched alkanes of at least 4 members (excludes halogenated alkanes) is 2. The van der Waals surface area contributed by atoms with Crippen LogP contribution in [0, 0.1) is 0 Å². The maximum absolute atomic E-state index is 3.96. The lowest BCUT2D eigenvalue weighted by molar-refractivity contribution is 0.617. The zero-order valence-electron chi connectivity index (χ0n) is 10.9. The van der Waals surface area contributed by atoms with E-state index in [4.69, 9.17) is 0 Å². The first-order valence-corrected chi connectivity index (χ1v) is 6.69. The second-order valence-electron chi connectivity index (χ2n) is 4.55. The molecule has 0 amide bonds. The third-order valence-corrected chi connectivity index (χ3v) is 3.05. The van der Waals surface area contributed by atoms with Crippen molar-refractivity contribution in [2.45, 2.75) is 32.7 Å². The molecule has 2 rings (SSSR count). The minimum atomic E-state index is 0.951. The highest BCUT2D eigenvalue weighted by Crippen LogP contribution is 2.16. The SMILES string of the molecule is CCCCCNCc1ccc(-c2ccn[nH]2)cc1. The molecule has 0 fully saturated rings. The first-order chi connectivity index (χ1) is 8.90. The molecule has 0 saturated heterocycles. The van der Waals surface area contributed by atoms with Gasteiger partial charge in [-0.25, -0.2) is 0 Å². The normalized spacial score (nSPS) is 10.7. The fourth-order valence-electron chi connectivity index (χ4n) is 1.95. The van der Waals surface area contributed by atoms with Gasteiger partial charge in [0.1, 0.15) is 0 Å². The molecule has 96 valence electrons. The quantitative estimate of drug-likeness (QED) is 0.732. The van der Waals surface area contributed by atoms with Crippen LogP contribution in [0.15, 0.2) is 36.5 Å². The van der Waals surface area contributed by atoms with Crippen LogP contribution in [0.5, 0.6) is 0 Å². The Morgan fingerprint density at radius 1 is 1.11 bits per heavy atom. The summed E-state index contributed by atoms with van der Waals surface area (Å²) in [5.41, 5.74) is 3.58. The van der Waals surface area contributed by atoms with Crippen LogP contribution < -0.4 is 5.32 Å². The highest BCUT2D eigenvalue weighted by Gasteiger charge is 1.98. The summed E-state index contributed by atoms with van der Waals surface area (Å²) in [7, 11) is 0. The van der Waals surface area contributed by atoms with Gasteiger partial charge in [0.25, 0.3) is 0 Å². The van der Waals surface area contributed by atoms with Crippen LogP contribution in [-0.2, 0) is 6.54 Å². The Bertz CT molecular complexity index is 431. The molecule has 0 saturated carbocycles. The minimum absolute atomic E-state index is 0.951. The monoisotopic (exact) mass is 243 g/mol. The Morgan fingerprint density at radius 3 is 2.61 bits per heavy atom. The Balaban J connectivity index is 1.81. The number of rotatable bonds is 7. The van der Waals surface area contributed by atoms with Crippen molar-refractivity contribution < 1.29 is 0 Å². The maximum atomic E-state index is 3.96. The van der Waals surface area contributed by atoms with Crippen molar-refractivity contribution in [1.29, 1.82) is 0 Å². The van der Waals surface area contributed by atoms with E-state index in [-0.39, 0.29) is 0 Å². The van der Waals surface area contributed by atoms with Gasteiger partial charge in [0.05, 0.1) is 5.69 Å². The lowest BCUT2D eigenvalue weighted by Gasteiger charge is -2.05. The van der Waals surface area contributed by atoms with Crippen molar-refractivity contribution in [3.8, 4) is 11.3 Å². The fraction of sp³-hybridized carbons (Fsp3) is 0.400. The number of benzene rings is 1. The van der Waals surface area contributed by atoms with Crippen LogP contribution in [0.3, 0.4) is 0 Å². The van der Waals surface area contributed by atoms with Gasteiger partial charge in [0.2, 0.25) is 0 Å². The van der Waals surface area contributed by atoms with E-state index in [2.05, 4.69) is 46.7 Å². The molecule has 0 aliphatic heterocycles. The largest absolute Gasteiger partial charge is 0.313 e. The molecule has 0 unspecified atom stereocenters. The molecule has 0 radical (unpaired) electrons. The van der Waals surface area contributed by atoms with Crippen LogP contribution in [-0.4, -0.2) is 16.7 Å². The number of hydrogen-bond donors (Lipinski definition) is 2. The molecular weight excluding hydrogens is 222 g/mol. The van der Waals surface area contributed by atoms with Crippen molar-refractivity contribution >= 4 is 0 Å². The van der Waals surface area contributed by atoms with Crippen LogP contribution in [0.2, 0.25) is 0 Å². The lowest BCUT2D eigenvalue weighted by atomic mass is 10.1. The van der Waals surface area contributed by atoms with Gasteiger partial charge in [-0.2, -0.15) is 5.10 Å². The molecular formula is C15H21N3. The number of nitrogens with zero attached hydrogens (tertiary/aromatic N) is 1. The zero-order chi connectivity index (χ0) is 12.6. The third-order valence-electron chi connectivity index (χ3n) is 3.05. The van der Waals surface area contributed by atoms with E-state index in [1.165, 1.54) is 30.4 Å². The smallest absolute Gasteiger partial charge is 0.0650 e. The van der Waals surface area contributed by atoms with Crippen LogP contribution >= 0.6 is 0 Å². The summed E-state index contributed by atoms with van der Waals surface area (Å²) in [5.74, 6) is 0. The topological polar surface area (TPSA) is 40.7 Å². The molecule has 3 nitrogen and oxygen atoms in total. The number of nitrogens with one attached hydrogen (secondary N) is 2. The fourth-order valence-corrected chi connectivity index (χ4v) is 1.95. The molecule has 0 aliphatic carbocycles. The highest BCUT2D eigenvalue weighted by atomic mass is 15.1. The lowest BCUT2D eigenvalue weighted by Crippen LogP contribution is -2.14. The van der Waals surface area contributed by atoms with Crippen molar-refractivity contribution in [3.05, 3.63) is 42.1 Å². The summed E-state index contributed by atoms with van der Waals surface area (Å²) < 4.78 is 0. The molecule has 1 heterocycles. The van der Waals surface area contributed by atoms with E-state index in [1.807, 2.05) is 6.07 Å². The van der Waals surface area contributed by atoms with E-state index >= 15 is 0 Å². The number of aromatic nitrogens is 2. The van der Waals surface area contributed by atoms with Crippen molar-refractivity contribution in [3.63, 3.8) is 0 Å². The molecule has 0 bridgehead atoms. The number of aromatic amines is 1. The Morgan fingerprint density at radius 2 is 1.94 bits per heavy atom. The van der Waals surface area contributed by atoms with E-state index in [9.17, 15) is 0 Å². The molecule has 1 aromatic heterocycles. The Labute approximate surface area is 109 Å². The predicted molar refractivity (Wildman–Crippen MR) is 75.3 cm³/mol. The van der Waals surface area contributed by atoms with E-state index in [0.717, 1.165) is 18.8 Å². The van der Waals surface area contributed by atoms with Crippen molar-refractivity contribution in [2.24, 2.45) is 0 Å². The van der Waals surface area contributed by atoms with Crippen molar-refractivity contribution in [2.75, 3.05) is 6.54 Å². The molecule has 2 N–H and O–H groups in total. The van der Waals surface area contributed by atoms with Gasteiger partial charge in [0.15, 0.2) is 0 Å². The Kier molecular flexibility index (Phi) is 4.97. The summed E-state index contributed by atoms with van der Waals surface area (Å²) in [6.45, 7) is 4.29. The van der Waals surface area contributed by atoms with Crippen LogP contribution in [0.4, 0.5) is 0 Å². The molecule has 0 aliphatic rings. The number of H-pyrrole nitrogens is 1. The van der Waals surface area contributed by atoms with Gasteiger partial charge < -0.3 is 5.32 Å². The van der Waals surface area contributed by atoms with Gasteiger partial charge in [0, 0.05) is 12.7 Å². The third kappa shape index (κ3) is 3.70. The first kappa shape index (κ1) is 12.8. The van der Waals surface area contributed by atoms with Gasteiger partial charge in [-0.3, -0.25) is 5.10 Å². The van der Waals surface area contributed by atoms with E-state index < -0.39 is 0 Å². The standard InChI is InChI=1S/C15H21N3/c1-2-3-4-10-16-12-13-5-7-14(8-6-13)15-9-11-17-18-15/h5-9,11,16H,2-4,10,12H2,1H3,(H,17,18). The molecule has 3 heteroatoms. The molecule has 0 atom stereocenters. The highest BCUT2D eigenvalue weighted by molar-refractivity contribution is 5.58. The zero-order valence-corrected chi connectivity index (χ0v) is 10.9. The second kappa shape index (κ2) is 6.97. The minimum Gasteiger partial charge on any atom is -0.313 e. The summed E-state index contributed by atoms with van der Waals surface area (Å²) >= 11 is 0. The molecule has 18 heavy (non-hydrogen) atoms. The summed E-state index contributed by atoms with van der Waals surface area (Å²) in [6, 6.07) is 10.6. The van der Waals surface area contributed by atoms with Gasteiger partial charge in [-0.05, 0) is 30.2 Å². The summed E-state index contributed by atoms with van der Waals surface area (Å²) in [6.07, 6.45) is 5.63. The van der Waals surface area contributed by atoms with Gasteiger partial charge in [-0.1, -0.05) is 44.0 Å². The van der Waals surface area contributed by atoms with Crippen LogP contribution in [0.1, 0.15) is 31.7 Å². The summed E-state index contributed by atoms with van der Waals surface area (Å²) in [4.78, 5) is 0. The molecule has 2 aromatic rings. The Hall–Kier alpha value is -1.61.